The molecule has 0 aliphatic heterocycles. The minimum absolute atomic E-state index is 0.0258. The van der Waals surface area contributed by atoms with E-state index in [0.29, 0.717) is 11.4 Å². The van der Waals surface area contributed by atoms with Crippen LogP contribution in [0, 0.1) is 10.1 Å². The van der Waals surface area contributed by atoms with E-state index in [1.165, 1.54) is 12.1 Å². The Morgan fingerprint density at radius 2 is 1.62 bits per heavy atom. The second-order valence-electron chi connectivity index (χ2n) is 6.08. The Bertz CT molecular complexity index is 729. The quantitative estimate of drug-likeness (QED) is 0.389. The largest absolute Gasteiger partial charge is 0.394 e. The van der Waals surface area contributed by atoms with Crippen LogP contribution in [0.4, 0.5) is 22.7 Å². The maximum atomic E-state index is 10.6. The van der Waals surface area contributed by atoms with Crippen molar-refractivity contribution in [1.82, 2.24) is 0 Å². The van der Waals surface area contributed by atoms with Crippen LogP contribution in [-0.2, 0) is 0 Å². The van der Waals surface area contributed by atoms with Crippen molar-refractivity contribution in [2.45, 2.75) is 32.2 Å². The fraction of sp³-hybridized carbons (Fsp3) is 0.368. The minimum Gasteiger partial charge on any atom is -0.394 e. The predicted molar refractivity (Wildman–Crippen MR) is 103 cm³/mol. The van der Waals surface area contributed by atoms with E-state index in [1.807, 2.05) is 31.3 Å². The first-order valence-electron chi connectivity index (χ1n) is 8.65. The number of unbranched alkanes of at least 4 members (excludes halogenated alkanes) is 1. The molecule has 0 fully saturated rings. The Hall–Kier alpha value is -2.80. The van der Waals surface area contributed by atoms with E-state index in [2.05, 4.69) is 22.1 Å². The van der Waals surface area contributed by atoms with Gasteiger partial charge >= 0.3 is 0 Å². The van der Waals surface area contributed by atoms with Gasteiger partial charge in [0.2, 0.25) is 0 Å². The summed E-state index contributed by atoms with van der Waals surface area (Å²) in [6, 6.07) is 13.6. The van der Waals surface area contributed by atoms with Crippen molar-refractivity contribution in [3.63, 3.8) is 0 Å². The molecule has 0 heterocycles. The fourth-order valence-electron chi connectivity index (χ4n) is 2.57. The van der Waals surface area contributed by atoms with Crippen molar-refractivity contribution in [2.75, 3.05) is 18.6 Å². The standard InChI is InChI=1S/C19H24N4O3/c1-3-4-5-19(14-24)22(2)17-10-6-15(7-11-17)20-21-16-8-12-18(13-9-16)23(25)26/h6-13,19,24H,3-5,14H2,1-2H3. The molecule has 2 rings (SSSR count). The molecule has 2 aromatic rings. The van der Waals surface area contributed by atoms with Gasteiger partial charge in [0, 0.05) is 24.9 Å². The molecule has 0 aliphatic rings. The van der Waals surface area contributed by atoms with Crippen LogP contribution in [0.3, 0.4) is 0 Å². The van der Waals surface area contributed by atoms with Gasteiger partial charge in [0.25, 0.3) is 5.69 Å². The van der Waals surface area contributed by atoms with Gasteiger partial charge in [0.15, 0.2) is 0 Å². The fourth-order valence-corrected chi connectivity index (χ4v) is 2.57. The van der Waals surface area contributed by atoms with Crippen LogP contribution in [0.1, 0.15) is 26.2 Å². The van der Waals surface area contributed by atoms with Crippen LogP contribution >= 0.6 is 0 Å². The van der Waals surface area contributed by atoms with Crippen molar-refractivity contribution >= 4 is 22.7 Å². The summed E-state index contributed by atoms with van der Waals surface area (Å²) < 4.78 is 0. The number of nitro groups is 1. The first-order chi connectivity index (χ1) is 12.5. The number of non-ortho nitro benzene ring substituents is 1. The number of anilines is 1. The molecule has 1 N–H and O–H groups in total. The molecule has 7 nitrogen and oxygen atoms in total. The summed E-state index contributed by atoms with van der Waals surface area (Å²) in [5, 5.41) is 28.5. The Morgan fingerprint density at radius 1 is 1.08 bits per heavy atom. The summed E-state index contributed by atoms with van der Waals surface area (Å²) in [6.07, 6.45) is 3.13. The molecule has 2 aromatic carbocycles. The number of hydrogen-bond donors (Lipinski definition) is 1. The molecule has 0 saturated heterocycles. The third kappa shape index (κ3) is 5.35. The topological polar surface area (TPSA) is 91.3 Å². The Kier molecular flexibility index (Phi) is 7.23. The van der Waals surface area contributed by atoms with Gasteiger partial charge in [-0.15, -0.1) is 0 Å². The molecule has 138 valence electrons. The summed E-state index contributed by atoms with van der Waals surface area (Å²) in [7, 11) is 1.98. The van der Waals surface area contributed by atoms with E-state index >= 15 is 0 Å². The zero-order valence-corrected chi connectivity index (χ0v) is 15.1. The molecule has 0 aliphatic carbocycles. The highest BCUT2D eigenvalue weighted by Crippen LogP contribution is 2.24. The number of nitro benzene ring substituents is 1. The summed E-state index contributed by atoms with van der Waals surface area (Å²) >= 11 is 0. The van der Waals surface area contributed by atoms with Crippen molar-refractivity contribution in [1.29, 1.82) is 0 Å². The van der Waals surface area contributed by atoms with Gasteiger partial charge in [-0.1, -0.05) is 19.8 Å². The highest BCUT2D eigenvalue weighted by molar-refractivity contribution is 5.53. The molecule has 0 bridgehead atoms. The first-order valence-corrected chi connectivity index (χ1v) is 8.65. The molecule has 1 unspecified atom stereocenters. The summed E-state index contributed by atoms with van der Waals surface area (Å²) in [6.45, 7) is 2.26. The van der Waals surface area contributed by atoms with E-state index in [9.17, 15) is 15.2 Å². The van der Waals surface area contributed by atoms with E-state index < -0.39 is 4.92 Å². The third-order valence-electron chi connectivity index (χ3n) is 4.25. The molecule has 0 aromatic heterocycles. The van der Waals surface area contributed by atoms with Gasteiger partial charge < -0.3 is 10.0 Å². The van der Waals surface area contributed by atoms with Crippen LogP contribution in [0.25, 0.3) is 0 Å². The number of rotatable bonds is 9. The van der Waals surface area contributed by atoms with Crippen LogP contribution in [0.15, 0.2) is 58.8 Å². The number of likely N-dealkylation sites (N-methyl/N-ethyl adjacent to an activating group) is 1. The van der Waals surface area contributed by atoms with Gasteiger partial charge in [-0.05, 0) is 42.8 Å². The minimum atomic E-state index is -0.448. The van der Waals surface area contributed by atoms with E-state index in [-0.39, 0.29) is 18.3 Å². The zero-order chi connectivity index (χ0) is 18.9. The molecule has 0 spiro atoms. The summed E-state index contributed by atoms with van der Waals surface area (Å²) in [5.74, 6) is 0. The second kappa shape index (κ2) is 9.62. The molecule has 0 amide bonds. The van der Waals surface area contributed by atoms with E-state index in [4.69, 9.17) is 0 Å². The highest BCUT2D eigenvalue weighted by Gasteiger charge is 2.13. The SMILES string of the molecule is CCCCC(CO)N(C)c1ccc(N=Nc2ccc([N+](=O)[O-])cc2)cc1. The van der Waals surface area contributed by atoms with Crippen molar-refractivity contribution in [3.05, 3.63) is 58.6 Å². The van der Waals surface area contributed by atoms with Crippen LogP contribution < -0.4 is 4.90 Å². The first kappa shape index (κ1) is 19.5. The lowest BCUT2D eigenvalue weighted by Gasteiger charge is -2.28. The lowest BCUT2D eigenvalue weighted by molar-refractivity contribution is -0.384. The Morgan fingerprint density at radius 3 is 2.08 bits per heavy atom. The second-order valence-corrected chi connectivity index (χ2v) is 6.08. The molecular formula is C19H24N4O3. The Balaban J connectivity index is 2.03. The van der Waals surface area contributed by atoms with E-state index in [1.54, 1.807) is 12.1 Å². The molecule has 0 saturated carbocycles. The lowest BCUT2D eigenvalue weighted by Crippen LogP contribution is -2.34. The van der Waals surface area contributed by atoms with Crippen molar-refractivity contribution in [2.24, 2.45) is 10.2 Å². The average Bonchev–Trinajstić information content (AvgIpc) is 2.67. The molecule has 7 heteroatoms. The lowest BCUT2D eigenvalue weighted by atomic mass is 10.1. The normalized spacial score (nSPS) is 12.3. The number of benzene rings is 2. The van der Waals surface area contributed by atoms with Crippen LogP contribution in [0.5, 0.6) is 0 Å². The maximum absolute atomic E-state index is 10.6. The van der Waals surface area contributed by atoms with Crippen molar-refractivity contribution < 1.29 is 10.0 Å². The van der Waals surface area contributed by atoms with Crippen LogP contribution in [-0.4, -0.2) is 29.7 Å². The molecular weight excluding hydrogens is 332 g/mol. The van der Waals surface area contributed by atoms with Gasteiger partial charge in [-0.2, -0.15) is 10.2 Å². The van der Waals surface area contributed by atoms with Crippen LogP contribution in [0.2, 0.25) is 0 Å². The number of aliphatic hydroxyl groups excluding tert-OH is 1. The molecule has 26 heavy (non-hydrogen) atoms. The zero-order valence-electron chi connectivity index (χ0n) is 15.1. The van der Waals surface area contributed by atoms with Gasteiger partial charge in [0.05, 0.1) is 28.9 Å². The monoisotopic (exact) mass is 356 g/mol. The number of nitrogens with zero attached hydrogens (tertiary/aromatic N) is 4. The van der Waals surface area contributed by atoms with Crippen molar-refractivity contribution in [3.8, 4) is 0 Å². The third-order valence-corrected chi connectivity index (χ3v) is 4.25. The maximum Gasteiger partial charge on any atom is 0.269 e. The average molecular weight is 356 g/mol. The van der Waals surface area contributed by atoms with Gasteiger partial charge in [0.1, 0.15) is 0 Å². The summed E-state index contributed by atoms with van der Waals surface area (Å²) in [4.78, 5) is 12.3. The highest BCUT2D eigenvalue weighted by atomic mass is 16.6. The smallest absolute Gasteiger partial charge is 0.269 e. The van der Waals surface area contributed by atoms with E-state index in [0.717, 1.165) is 24.9 Å². The predicted octanol–water partition coefficient (Wildman–Crippen LogP) is 5.00. The van der Waals surface area contributed by atoms with Gasteiger partial charge in [-0.25, -0.2) is 0 Å². The number of aliphatic hydroxyl groups is 1. The molecule has 1 atom stereocenters. The summed E-state index contributed by atoms with van der Waals surface area (Å²) in [5.41, 5.74) is 2.28. The number of hydrogen-bond acceptors (Lipinski definition) is 6. The Labute approximate surface area is 153 Å². The number of azo groups is 1. The molecule has 0 radical (unpaired) electrons. The van der Waals surface area contributed by atoms with Gasteiger partial charge in [-0.3, -0.25) is 10.1 Å².